The highest BCUT2D eigenvalue weighted by atomic mass is 32.1. The second kappa shape index (κ2) is 13.0. The van der Waals surface area contributed by atoms with Gasteiger partial charge in [0.2, 0.25) is 5.91 Å². The van der Waals surface area contributed by atoms with E-state index in [9.17, 15) is 14.4 Å². The molecule has 0 saturated heterocycles. The molecule has 0 saturated carbocycles. The summed E-state index contributed by atoms with van der Waals surface area (Å²) in [5.74, 6) is 0.327. The number of benzene rings is 1. The molecule has 1 atom stereocenters. The summed E-state index contributed by atoms with van der Waals surface area (Å²) in [5.41, 5.74) is 0.649. The van der Waals surface area contributed by atoms with Crippen molar-refractivity contribution < 1.29 is 14.3 Å². The molecule has 1 aromatic carbocycles. The van der Waals surface area contributed by atoms with Gasteiger partial charge in [-0.05, 0) is 56.5 Å². The highest BCUT2D eigenvalue weighted by Crippen LogP contribution is 2.08. The molecular weight excluding hydrogens is 428 g/mol. The van der Waals surface area contributed by atoms with Crippen LogP contribution in [0, 0.1) is 10.7 Å². The van der Waals surface area contributed by atoms with Gasteiger partial charge in [-0.1, -0.05) is 32.4 Å². The van der Waals surface area contributed by atoms with E-state index in [1.165, 1.54) is 0 Å². The van der Waals surface area contributed by atoms with Crippen molar-refractivity contribution in [2.45, 2.75) is 65.5 Å². The lowest BCUT2D eigenvalue weighted by molar-refractivity contribution is -0.121. The maximum atomic E-state index is 12.6. The van der Waals surface area contributed by atoms with Crippen molar-refractivity contribution in [3.05, 3.63) is 39.4 Å². The van der Waals surface area contributed by atoms with Crippen LogP contribution in [-0.2, 0) is 16.1 Å². The summed E-state index contributed by atoms with van der Waals surface area (Å²) in [6.07, 6.45) is 2.95. The minimum Gasteiger partial charge on any atom is -0.450 e. The monoisotopic (exact) mass is 462 g/mol. The molecule has 2 aromatic rings. The van der Waals surface area contributed by atoms with Crippen LogP contribution >= 0.6 is 12.2 Å². The van der Waals surface area contributed by atoms with Crippen LogP contribution in [0.5, 0.6) is 0 Å². The molecule has 3 N–H and O–H groups in total. The van der Waals surface area contributed by atoms with Gasteiger partial charge in [0.1, 0.15) is 0 Å². The quantitative estimate of drug-likeness (QED) is 0.328. The standard InChI is InChI=1S/C23H34N4O4S/c1-4-31-23(30)25-17(14-16(2)3)15-24-20(28)12-6-5-9-13-27-21(29)18-10-7-8-11-19(18)26-22(27)32/h7-8,10-11,16-17H,4-6,9,12-15H2,1-3H3,(H,24,28)(H,25,30)(H,26,32). The van der Waals surface area contributed by atoms with E-state index in [1.54, 1.807) is 17.6 Å². The lowest BCUT2D eigenvalue weighted by Gasteiger charge is -2.20. The zero-order chi connectivity index (χ0) is 23.5. The summed E-state index contributed by atoms with van der Waals surface area (Å²) in [6.45, 7) is 7.08. The molecular formula is C23H34N4O4S. The number of nitrogens with one attached hydrogen (secondary N) is 3. The molecule has 1 heterocycles. The van der Waals surface area contributed by atoms with Crippen molar-refractivity contribution in [2.24, 2.45) is 5.92 Å². The summed E-state index contributed by atoms with van der Waals surface area (Å²) < 4.78 is 6.93. The highest BCUT2D eigenvalue weighted by Gasteiger charge is 2.15. The number of hydrogen-bond acceptors (Lipinski definition) is 5. The Balaban J connectivity index is 1.75. The van der Waals surface area contributed by atoms with E-state index in [0.29, 0.717) is 48.6 Å². The largest absolute Gasteiger partial charge is 0.450 e. The van der Waals surface area contributed by atoms with Crippen molar-refractivity contribution in [1.29, 1.82) is 0 Å². The number of para-hydroxylation sites is 1. The van der Waals surface area contributed by atoms with Gasteiger partial charge in [-0.25, -0.2) is 4.79 Å². The molecule has 0 aliphatic rings. The molecule has 8 nitrogen and oxygen atoms in total. The molecule has 0 fully saturated rings. The van der Waals surface area contributed by atoms with Gasteiger partial charge in [0, 0.05) is 25.6 Å². The zero-order valence-corrected chi connectivity index (χ0v) is 19.9. The Morgan fingerprint density at radius 1 is 1.19 bits per heavy atom. The Morgan fingerprint density at radius 3 is 2.66 bits per heavy atom. The molecule has 176 valence electrons. The predicted molar refractivity (Wildman–Crippen MR) is 128 cm³/mol. The number of amides is 2. The van der Waals surface area contributed by atoms with Gasteiger partial charge in [0.25, 0.3) is 5.56 Å². The second-order valence-corrected chi connectivity index (χ2v) is 8.63. The third kappa shape index (κ3) is 8.11. The first-order chi connectivity index (χ1) is 15.3. The van der Waals surface area contributed by atoms with Crippen LogP contribution in [-0.4, -0.2) is 40.7 Å². The summed E-state index contributed by atoms with van der Waals surface area (Å²) in [6, 6.07) is 7.15. The Labute approximate surface area is 193 Å². The molecule has 2 rings (SSSR count). The van der Waals surface area contributed by atoms with Crippen LogP contribution in [0.3, 0.4) is 0 Å². The van der Waals surface area contributed by atoms with E-state index in [-0.39, 0.29) is 17.5 Å². The molecule has 1 unspecified atom stereocenters. The van der Waals surface area contributed by atoms with E-state index >= 15 is 0 Å². The molecule has 2 amide bonds. The molecule has 0 radical (unpaired) electrons. The van der Waals surface area contributed by atoms with Crippen molar-refractivity contribution in [3.8, 4) is 0 Å². The number of unbranched alkanes of at least 4 members (excludes halogenated alkanes) is 2. The third-order valence-electron chi connectivity index (χ3n) is 5.07. The highest BCUT2D eigenvalue weighted by molar-refractivity contribution is 7.71. The Morgan fingerprint density at radius 2 is 1.94 bits per heavy atom. The third-order valence-corrected chi connectivity index (χ3v) is 5.40. The number of nitrogens with zero attached hydrogens (tertiary/aromatic N) is 1. The molecule has 0 aliphatic carbocycles. The first kappa shape index (κ1) is 25.6. The maximum Gasteiger partial charge on any atom is 0.407 e. The summed E-state index contributed by atoms with van der Waals surface area (Å²) in [5, 5.41) is 6.32. The molecule has 0 spiro atoms. The van der Waals surface area contributed by atoms with Crippen molar-refractivity contribution >= 4 is 35.1 Å². The summed E-state index contributed by atoms with van der Waals surface area (Å²) >= 11 is 5.33. The SMILES string of the molecule is CCOC(=O)NC(CNC(=O)CCCCCn1c(=S)[nH]c2ccccc2c1=O)CC(C)C. The second-order valence-electron chi connectivity index (χ2n) is 8.24. The zero-order valence-electron chi connectivity index (χ0n) is 19.1. The van der Waals surface area contributed by atoms with Gasteiger partial charge in [-0.3, -0.25) is 14.2 Å². The number of hydrogen-bond donors (Lipinski definition) is 3. The smallest absolute Gasteiger partial charge is 0.407 e. The van der Waals surface area contributed by atoms with Crippen LogP contribution in [0.15, 0.2) is 29.1 Å². The maximum absolute atomic E-state index is 12.6. The normalized spacial score (nSPS) is 12.0. The Bertz CT molecular complexity index is 1010. The van der Waals surface area contributed by atoms with Crippen LogP contribution < -0.4 is 16.2 Å². The van der Waals surface area contributed by atoms with Crippen LogP contribution in [0.2, 0.25) is 0 Å². The average molecular weight is 463 g/mol. The van der Waals surface area contributed by atoms with Crippen molar-refractivity contribution in [2.75, 3.05) is 13.2 Å². The van der Waals surface area contributed by atoms with Gasteiger partial charge in [-0.2, -0.15) is 0 Å². The van der Waals surface area contributed by atoms with Gasteiger partial charge >= 0.3 is 6.09 Å². The fourth-order valence-electron chi connectivity index (χ4n) is 3.56. The molecule has 9 heteroatoms. The van der Waals surface area contributed by atoms with Gasteiger partial charge in [-0.15, -0.1) is 0 Å². The summed E-state index contributed by atoms with van der Waals surface area (Å²) in [4.78, 5) is 39.6. The molecule has 32 heavy (non-hydrogen) atoms. The van der Waals surface area contributed by atoms with Crippen molar-refractivity contribution in [1.82, 2.24) is 20.2 Å². The topological polar surface area (TPSA) is 105 Å². The lowest BCUT2D eigenvalue weighted by Crippen LogP contribution is -2.44. The van der Waals surface area contributed by atoms with Crippen LogP contribution in [0.25, 0.3) is 10.9 Å². The number of H-pyrrole nitrogens is 1. The first-order valence-corrected chi connectivity index (χ1v) is 11.6. The molecule has 1 aromatic heterocycles. The number of carbonyl (C=O) groups is 2. The van der Waals surface area contributed by atoms with Gasteiger partial charge in [0.05, 0.1) is 17.5 Å². The number of rotatable bonds is 12. The van der Waals surface area contributed by atoms with E-state index < -0.39 is 6.09 Å². The lowest BCUT2D eigenvalue weighted by atomic mass is 10.0. The number of fused-ring (bicyclic) bond motifs is 1. The first-order valence-electron chi connectivity index (χ1n) is 11.2. The molecule has 0 bridgehead atoms. The van der Waals surface area contributed by atoms with E-state index in [0.717, 1.165) is 24.8 Å². The summed E-state index contributed by atoms with van der Waals surface area (Å²) in [7, 11) is 0. The van der Waals surface area contributed by atoms with Crippen molar-refractivity contribution in [3.63, 3.8) is 0 Å². The minimum atomic E-state index is -0.463. The number of carbonyl (C=O) groups excluding carboxylic acids is 2. The van der Waals surface area contributed by atoms with Gasteiger partial charge in [0.15, 0.2) is 4.77 Å². The van der Waals surface area contributed by atoms with Crippen LogP contribution in [0.4, 0.5) is 4.79 Å². The number of aromatic nitrogens is 2. The number of alkyl carbamates (subject to hydrolysis) is 1. The van der Waals surface area contributed by atoms with E-state index in [4.69, 9.17) is 17.0 Å². The fraction of sp³-hybridized carbons (Fsp3) is 0.565. The Kier molecular flexibility index (Phi) is 10.4. The van der Waals surface area contributed by atoms with Crippen LogP contribution in [0.1, 0.15) is 52.9 Å². The number of aromatic amines is 1. The predicted octanol–water partition coefficient (Wildman–Crippen LogP) is 3.90. The van der Waals surface area contributed by atoms with E-state index in [1.807, 2.05) is 18.2 Å². The van der Waals surface area contributed by atoms with Gasteiger partial charge < -0.3 is 20.4 Å². The average Bonchev–Trinajstić information content (AvgIpc) is 2.73. The molecule has 0 aliphatic heterocycles. The minimum absolute atomic E-state index is 0.0513. The Hall–Kier alpha value is -2.68. The fourth-order valence-corrected chi connectivity index (χ4v) is 3.85. The van der Waals surface area contributed by atoms with E-state index in [2.05, 4.69) is 29.5 Å². The number of ether oxygens (including phenoxy) is 1.